The fourth-order valence-corrected chi connectivity index (χ4v) is 2.60. The number of rotatable bonds is 9. The Labute approximate surface area is 179 Å². The predicted molar refractivity (Wildman–Crippen MR) is 102 cm³/mol. The van der Waals surface area contributed by atoms with Gasteiger partial charge in [-0.1, -0.05) is 18.2 Å². The molecule has 0 aliphatic carbocycles. The molecule has 6 nitrogen and oxygen atoms in total. The highest BCUT2D eigenvalue weighted by Gasteiger charge is 2.29. The summed E-state index contributed by atoms with van der Waals surface area (Å²) in [6, 6.07) is 6.87. The number of amides is 1. The first kappa shape index (κ1) is 25.2. The van der Waals surface area contributed by atoms with Crippen molar-refractivity contribution in [3.05, 3.63) is 53.9 Å². The molecule has 2 aromatic rings. The number of halogens is 6. The molecular formula is C20H21F6N3O3. The number of carbonyl (C=O) groups excluding carboxylic acids is 1. The highest BCUT2D eigenvalue weighted by atomic mass is 19.4. The Morgan fingerprint density at radius 3 is 2.25 bits per heavy atom. The molecule has 0 saturated heterocycles. The molecule has 3 N–H and O–H groups in total. The summed E-state index contributed by atoms with van der Waals surface area (Å²) in [5.74, 6) is -0.712. The van der Waals surface area contributed by atoms with E-state index in [1.807, 2.05) is 0 Å². The van der Waals surface area contributed by atoms with Crippen molar-refractivity contribution in [2.45, 2.75) is 37.8 Å². The van der Waals surface area contributed by atoms with Crippen molar-refractivity contribution in [2.75, 3.05) is 13.2 Å². The number of alkyl halides is 6. The Balaban J connectivity index is 1.94. The van der Waals surface area contributed by atoms with E-state index in [1.54, 1.807) is 13.0 Å². The second-order valence-corrected chi connectivity index (χ2v) is 6.88. The van der Waals surface area contributed by atoms with Crippen LogP contribution in [0.4, 0.5) is 26.3 Å². The Morgan fingerprint density at radius 1 is 1.03 bits per heavy atom. The minimum Gasteiger partial charge on any atom is -0.484 e. The zero-order chi connectivity index (χ0) is 23.9. The summed E-state index contributed by atoms with van der Waals surface area (Å²) >= 11 is 0. The van der Waals surface area contributed by atoms with E-state index >= 15 is 0 Å². The molecule has 1 aromatic carbocycles. The van der Waals surface area contributed by atoms with Gasteiger partial charge in [-0.3, -0.25) is 9.78 Å². The lowest BCUT2D eigenvalue weighted by Crippen LogP contribution is -2.43. The van der Waals surface area contributed by atoms with Crippen LogP contribution < -0.4 is 20.5 Å². The van der Waals surface area contributed by atoms with E-state index in [0.29, 0.717) is 11.3 Å². The number of benzene rings is 1. The molecule has 0 aliphatic heterocycles. The molecule has 1 amide bonds. The molecule has 32 heavy (non-hydrogen) atoms. The van der Waals surface area contributed by atoms with E-state index in [4.69, 9.17) is 10.5 Å². The number of aromatic nitrogens is 1. The number of nitrogens with one attached hydrogen (secondary N) is 1. The second kappa shape index (κ2) is 10.5. The third kappa shape index (κ3) is 8.61. The fourth-order valence-electron chi connectivity index (χ4n) is 2.60. The molecule has 2 atom stereocenters. The largest absolute Gasteiger partial charge is 0.484 e. The summed E-state index contributed by atoms with van der Waals surface area (Å²) in [6.07, 6.45) is -7.98. The van der Waals surface area contributed by atoms with Crippen LogP contribution in [0.1, 0.15) is 24.2 Å². The van der Waals surface area contributed by atoms with Gasteiger partial charge in [0.1, 0.15) is 11.5 Å². The molecule has 0 bridgehead atoms. The molecule has 0 radical (unpaired) electrons. The SMILES string of the molecule is C[C@@H](NC(=O)[C@H](N)Cc1ccccc1OCC(F)(F)F)c1ccc(OCC(F)(F)F)cn1. The number of pyridine rings is 1. The first-order valence-electron chi connectivity index (χ1n) is 9.33. The van der Waals surface area contributed by atoms with Crippen molar-refractivity contribution in [1.29, 1.82) is 0 Å². The minimum absolute atomic E-state index is 0.0303. The predicted octanol–water partition coefficient (Wildman–Crippen LogP) is 3.71. The van der Waals surface area contributed by atoms with Gasteiger partial charge in [-0.15, -0.1) is 0 Å². The van der Waals surface area contributed by atoms with Crippen LogP contribution in [0.2, 0.25) is 0 Å². The lowest BCUT2D eigenvalue weighted by atomic mass is 10.0. The quantitative estimate of drug-likeness (QED) is 0.552. The first-order chi connectivity index (χ1) is 14.8. The summed E-state index contributed by atoms with van der Waals surface area (Å²) in [7, 11) is 0. The summed E-state index contributed by atoms with van der Waals surface area (Å²) in [5.41, 5.74) is 6.57. The number of nitrogens with two attached hydrogens (primary N) is 1. The van der Waals surface area contributed by atoms with E-state index in [9.17, 15) is 31.1 Å². The number of para-hydroxylation sites is 1. The minimum atomic E-state index is -4.51. The van der Waals surface area contributed by atoms with E-state index in [-0.39, 0.29) is 17.9 Å². The van der Waals surface area contributed by atoms with Gasteiger partial charge in [-0.2, -0.15) is 26.3 Å². The van der Waals surface area contributed by atoms with Crippen LogP contribution in [0.5, 0.6) is 11.5 Å². The van der Waals surface area contributed by atoms with Gasteiger partial charge in [0.15, 0.2) is 13.2 Å². The average Bonchev–Trinajstić information content (AvgIpc) is 2.70. The van der Waals surface area contributed by atoms with Crippen molar-refractivity contribution in [2.24, 2.45) is 5.73 Å². The standard InChI is InChI=1S/C20H21F6N3O3/c1-12(16-7-6-14(9-28-16)31-10-19(21,22)23)29-18(30)15(27)8-13-4-2-3-5-17(13)32-11-20(24,25)26/h2-7,9,12,15H,8,10-11,27H2,1H3,(H,29,30)/t12-,15-/m1/s1. The lowest BCUT2D eigenvalue weighted by Gasteiger charge is -2.19. The zero-order valence-electron chi connectivity index (χ0n) is 16.8. The van der Waals surface area contributed by atoms with Crippen LogP contribution in [0.25, 0.3) is 0 Å². The van der Waals surface area contributed by atoms with Gasteiger partial charge < -0.3 is 20.5 Å². The van der Waals surface area contributed by atoms with Crippen LogP contribution in [-0.4, -0.2) is 42.5 Å². The molecule has 12 heteroatoms. The third-order valence-electron chi connectivity index (χ3n) is 4.10. The third-order valence-corrected chi connectivity index (χ3v) is 4.10. The number of ether oxygens (including phenoxy) is 2. The van der Waals surface area contributed by atoms with Crippen LogP contribution >= 0.6 is 0 Å². The van der Waals surface area contributed by atoms with Gasteiger partial charge >= 0.3 is 12.4 Å². The molecule has 0 spiro atoms. The topological polar surface area (TPSA) is 86.5 Å². The van der Waals surface area contributed by atoms with E-state index in [2.05, 4.69) is 15.0 Å². The second-order valence-electron chi connectivity index (χ2n) is 6.88. The number of nitrogens with zero attached hydrogens (tertiary/aromatic N) is 1. The van der Waals surface area contributed by atoms with Gasteiger partial charge in [0, 0.05) is 6.42 Å². The van der Waals surface area contributed by atoms with Crippen molar-refractivity contribution >= 4 is 5.91 Å². The van der Waals surface area contributed by atoms with Crippen LogP contribution in [0.15, 0.2) is 42.6 Å². The van der Waals surface area contributed by atoms with E-state index in [1.165, 1.54) is 30.3 Å². The Morgan fingerprint density at radius 2 is 1.66 bits per heavy atom. The maximum Gasteiger partial charge on any atom is 0.422 e. The van der Waals surface area contributed by atoms with Gasteiger partial charge in [0.05, 0.1) is 24.0 Å². The van der Waals surface area contributed by atoms with E-state index in [0.717, 1.165) is 6.20 Å². The summed E-state index contributed by atoms with van der Waals surface area (Å²) < 4.78 is 83.1. The van der Waals surface area contributed by atoms with Gasteiger partial charge in [-0.05, 0) is 30.7 Å². The zero-order valence-corrected chi connectivity index (χ0v) is 16.8. The molecule has 0 unspecified atom stereocenters. The van der Waals surface area contributed by atoms with E-state index < -0.39 is 43.6 Å². The summed E-state index contributed by atoms with van der Waals surface area (Å²) in [4.78, 5) is 16.4. The summed E-state index contributed by atoms with van der Waals surface area (Å²) in [6.45, 7) is -1.34. The summed E-state index contributed by atoms with van der Waals surface area (Å²) in [5, 5.41) is 2.60. The molecule has 0 aliphatic rings. The van der Waals surface area contributed by atoms with Crippen LogP contribution in [0, 0.1) is 0 Å². The maximum absolute atomic E-state index is 12.4. The molecule has 1 heterocycles. The lowest BCUT2D eigenvalue weighted by molar-refractivity contribution is -0.154. The van der Waals surface area contributed by atoms with Gasteiger partial charge in [0.25, 0.3) is 0 Å². The van der Waals surface area contributed by atoms with Crippen molar-refractivity contribution in [3.63, 3.8) is 0 Å². The van der Waals surface area contributed by atoms with Gasteiger partial charge in [0.2, 0.25) is 5.91 Å². The fraction of sp³-hybridized carbons (Fsp3) is 0.400. The Hall–Kier alpha value is -3.02. The van der Waals surface area contributed by atoms with Crippen molar-refractivity contribution in [1.82, 2.24) is 10.3 Å². The molecular weight excluding hydrogens is 444 g/mol. The van der Waals surface area contributed by atoms with Gasteiger partial charge in [-0.25, -0.2) is 0 Å². The first-order valence-corrected chi connectivity index (χ1v) is 9.33. The molecule has 0 saturated carbocycles. The molecule has 1 aromatic heterocycles. The molecule has 176 valence electrons. The number of hydrogen-bond acceptors (Lipinski definition) is 5. The molecule has 0 fully saturated rings. The monoisotopic (exact) mass is 465 g/mol. The van der Waals surface area contributed by atoms with Crippen LogP contribution in [0.3, 0.4) is 0 Å². The average molecular weight is 465 g/mol. The normalized spacial score (nSPS) is 13.9. The smallest absolute Gasteiger partial charge is 0.422 e. The number of carbonyl (C=O) groups is 1. The highest BCUT2D eigenvalue weighted by Crippen LogP contribution is 2.23. The van der Waals surface area contributed by atoms with Crippen LogP contribution in [-0.2, 0) is 11.2 Å². The van der Waals surface area contributed by atoms with Crippen molar-refractivity contribution in [3.8, 4) is 11.5 Å². The van der Waals surface area contributed by atoms with Crippen molar-refractivity contribution < 1.29 is 40.6 Å². The Kier molecular flexibility index (Phi) is 8.31. The highest BCUT2D eigenvalue weighted by molar-refractivity contribution is 5.82. The molecule has 2 rings (SSSR count). The Bertz CT molecular complexity index is 887. The number of hydrogen-bond donors (Lipinski definition) is 2. The maximum atomic E-state index is 12.4.